The zero-order valence-corrected chi connectivity index (χ0v) is 11.5. The fraction of sp³-hybridized carbons (Fsp3) is 0.533. The van der Waals surface area contributed by atoms with E-state index < -0.39 is 0 Å². The Morgan fingerprint density at radius 1 is 1.42 bits per heavy atom. The van der Waals surface area contributed by atoms with Crippen LogP contribution in [-0.2, 0) is 16.0 Å². The van der Waals surface area contributed by atoms with Gasteiger partial charge in [0.05, 0.1) is 19.3 Å². The van der Waals surface area contributed by atoms with Crippen LogP contribution in [0.4, 0.5) is 0 Å². The van der Waals surface area contributed by atoms with E-state index in [1.54, 1.807) is 12.1 Å². The molecular formula is C15H21NO3. The van der Waals surface area contributed by atoms with Crippen molar-refractivity contribution in [1.29, 1.82) is 0 Å². The minimum Gasteiger partial charge on any atom is -0.465 e. The van der Waals surface area contributed by atoms with E-state index in [1.807, 2.05) is 12.1 Å². The number of benzene rings is 1. The Morgan fingerprint density at radius 2 is 2.16 bits per heavy atom. The molecule has 1 N–H and O–H groups in total. The van der Waals surface area contributed by atoms with Gasteiger partial charge < -0.3 is 14.8 Å². The Labute approximate surface area is 114 Å². The smallest absolute Gasteiger partial charge is 0.337 e. The predicted molar refractivity (Wildman–Crippen MR) is 73.0 cm³/mol. The lowest BCUT2D eigenvalue weighted by Crippen LogP contribution is -2.40. The highest BCUT2D eigenvalue weighted by Crippen LogP contribution is 2.14. The zero-order valence-electron chi connectivity index (χ0n) is 11.5. The number of esters is 1. The van der Waals surface area contributed by atoms with Crippen molar-refractivity contribution in [1.82, 2.24) is 5.32 Å². The topological polar surface area (TPSA) is 47.6 Å². The quantitative estimate of drug-likeness (QED) is 0.844. The molecule has 4 heteroatoms. The molecule has 1 heterocycles. The maximum absolute atomic E-state index is 11.3. The molecule has 0 bridgehead atoms. The molecule has 1 fully saturated rings. The molecular weight excluding hydrogens is 242 g/mol. The van der Waals surface area contributed by atoms with Crippen LogP contribution in [0, 0.1) is 5.92 Å². The standard InChI is InChI=1S/C15H21NO3/c1-11-10-19-8-7-14(11)16-9-12-3-5-13(6-4-12)15(17)18-2/h3-6,11,14,16H,7-10H2,1-2H3. The first-order valence-electron chi connectivity index (χ1n) is 6.69. The lowest BCUT2D eigenvalue weighted by Gasteiger charge is -2.29. The summed E-state index contributed by atoms with van der Waals surface area (Å²) in [7, 11) is 1.39. The van der Waals surface area contributed by atoms with Crippen LogP contribution in [0.2, 0.25) is 0 Å². The molecule has 0 amide bonds. The number of carbonyl (C=O) groups excluding carboxylic acids is 1. The van der Waals surface area contributed by atoms with Crippen molar-refractivity contribution in [3.63, 3.8) is 0 Å². The van der Waals surface area contributed by atoms with Gasteiger partial charge in [0.1, 0.15) is 0 Å². The van der Waals surface area contributed by atoms with Crippen molar-refractivity contribution in [2.75, 3.05) is 20.3 Å². The Morgan fingerprint density at radius 3 is 2.79 bits per heavy atom. The van der Waals surface area contributed by atoms with Crippen LogP contribution in [0.15, 0.2) is 24.3 Å². The van der Waals surface area contributed by atoms with Gasteiger partial charge in [-0.2, -0.15) is 0 Å². The van der Waals surface area contributed by atoms with E-state index >= 15 is 0 Å². The van der Waals surface area contributed by atoms with E-state index in [0.717, 1.165) is 26.2 Å². The van der Waals surface area contributed by atoms with Crippen molar-refractivity contribution in [3.8, 4) is 0 Å². The lowest BCUT2D eigenvalue weighted by atomic mass is 9.97. The Bertz CT molecular complexity index is 416. The number of methoxy groups -OCH3 is 1. The summed E-state index contributed by atoms with van der Waals surface area (Å²) in [6.07, 6.45) is 1.06. The fourth-order valence-electron chi connectivity index (χ4n) is 2.31. The molecule has 0 aliphatic carbocycles. The second-order valence-corrected chi connectivity index (χ2v) is 5.02. The number of hydrogen-bond donors (Lipinski definition) is 1. The highest BCUT2D eigenvalue weighted by molar-refractivity contribution is 5.89. The molecule has 2 rings (SSSR count). The average molecular weight is 263 g/mol. The van der Waals surface area contributed by atoms with Crippen LogP contribution in [-0.4, -0.2) is 32.3 Å². The molecule has 104 valence electrons. The molecule has 1 aromatic carbocycles. The second-order valence-electron chi connectivity index (χ2n) is 5.02. The summed E-state index contributed by atoms with van der Waals surface area (Å²) in [5.74, 6) is 0.251. The number of nitrogens with one attached hydrogen (secondary N) is 1. The summed E-state index contributed by atoms with van der Waals surface area (Å²) >= 11 is 0. The highest BCUT2D eigenvalue weighted by atomic mass is 16.5. The first kappa shape index (κ1) is 14.0. The van der Waals surface area contributed by atoms with Crippen LogP contribution in [0.1, 0.15) is 29.3 Å². The van der Waals surface area contributed by atoms with Crippen molar-refractivity contribution in [3.05, 3.63) is 35.4 Å². The van der Waals surface area contributed by atoms with Crippen molar-refractivity contribution in [2.24, 2.45) is 5.92 Å². The van der Waals surface area contributed by atoms with E-state index in [4.69, 9.17) is 4.74 Å². The average Bonchev–Trinajstić information content (AvgIpc) is 2.46. The second kappa shape index (κ2) is 6.68. The van der Waals surface area contributed by atoms with Gasteiger partial charge in [-0.25, -0.2) is 4.79 Å². The van der Waals surface area contributed by atoms with Crippen LogP contribution in [0.3, 0.4) is 0 Å². The molecule has 4 nitrogen and oxygen atoms in total. The summed E-state index contributed by atoms with van der Waals surface area (Å²) in [5.41, 5.74) is 1.76. The summed E-state index contributed by atoms with van der Waals surface area (Å²) in [4.78, 5) is 11.3. The number of ether oxygens (including phenoxy) is 2. The molecule has 1 saturated heterocycles. The van der Waals surface area contributed by atoms with E-state index in [-0.39, 0.29) is 5.97 Å². The third-order valence-corrected chi connectivity index (χ3v) is 3.58. The monoisotopic (exact) mass is 263 g/mol. The van der Waals surface area contributed by atoms with E-state index in [0.29, 0.717) is 17.5 Å². The largest absolute Gasteiger partial charge is 0.465 e. The molecule has 1 aliphatic heterocycles. The molecule has 0 saturated carbocycles. The van der Waals surface area contributed by atoms with E-state index in [1.165, 1.54) is 12.7 Å². The van der Waals surface area contributed by atoms with Gasteiger partial charge >= 0.3 is 5.97 Å². The molecule has 19 heavy (non-hydrogen) atoms. The third-order valence-electron chi connectivity index (χ3n) is 3.58. The molecule has 0 radical (unpaired) electrons. The van der Waals surface area contributed by atoms with E-state index in [9.17, 15) is 4.79 Å². The zero-order chi connectivity index (χ0) is 13.7. The fourth-order valence-corrected chi connectivity index (χ4v) is 2.31. The van der Waals surface area contributed by atoms with Crippen molar-refractivity contribution in [2.45, 2.75) is 25.9 Å². The van der Waals surface area contributed by atoms with Gasteiger partial charge in [0.15, 0.2) is 0 Å². The highest BCUT2D eigenvalue weighted by Gasteiger charge is 2.20. The Balaban J connectivity index is 1.87. The number of rotatable bonds is 4. The molecule has 0 spiro atoms. The van der Waals surface area contributed by atoms with Crippen LogP contribution >= 0.6 is 0 Å². The van der Waals surface area contributed by atoms with Gasteiger partial charge in [0, 0.05) is 19.2 Å². The molecule has 1 aliphatic rings. The third kappa shape index (κ3) is 3.78. The van der Waals surface area contributed by atoms with Crippen LogP contribution in [0.5, 0.6) is 0 Å². The Hall–Kier alpha value is -1.39. The maximum Gasteiger partial charge on any atom is 0.337 e. The van der Waals surface area contributed by atoms with E-state index in [2.05, 4.69) is 17.0 Å². The predicted octanol–water partition coefficient (Wildman–Crippen LogP) is 1.99. The number of hydrogen-bond acceptors (Lipinski definition) is 4. The first-order valence-corrected chi connectivity index (χ1v) is 6.69. The summed E-state index contributed by atoms with van der Waals surface area (Å²) in [5, 5.41) is 3.55. The lowest BCUT2D eigenvalue weighted by molar-refractivity contribution is 0.0386. The minimum atomic E-state index is -0.294. The van der Waals surface area contributed by atoms with Gasteiger partial charge in [-0.1, -0.05) is 19.1 Å². The minimum absolute atomic E-state index is 0.294. The Kier molecular flexibility index (Phi) is 4.93. The van der Waals surface area contributed by atoms with Crippen LogP contribution in [0.25, 0.3) is 0 Å². The van der Waals surface area contributed by atoms with Crippen molar-refractivity contribution < 1.29 is 14.3 Å². The number of carbonyl (C=O) groups is 1. The van der Waals surface area contributed by atoms with Gasteiger partial charge in [-0.3, -0.25) is 0 Å². The van der Waals surface area contributed by atoms with Gasteiger partial charge in [0.2, 0.25) is 0 Å². The SMILES string of the molecule is COC(=O)c1ccc(CNC2CCOCC2C)cc1. The van der Waals surface area contributed by atoms with Gasteiger partial charge in [0.25, 0.3) is 0 Å². The van der Waals surface area contributed by atoms with Gasteiger partial charge in [-0.05, 0) is 30.0 Å². The summed E-state index contributed by atoms with van der Waals surface area (Å²) in [6, 6.07) is 8.04. The molecule has 0 aromatic heterocycles. The van der Waals surface area contributed by atoms with Crippen molar-refractivity contribution >= 4 is 5.97 Å². The van der Waals surface area contributed by atoms with Crippen LogP contribution < -0.4 is 5.32 Å². The first-order chi connectivity index (χ1) is 9.20. The summed E-state index contributed by atoms with van der Waals surface area (Å²) < 4.78 is 10.1. The van der Waals surface area contributed by atoms with Gasteiger partial charge in [-0.15, -0.1) is 0 Å². The maximum atomic E-state index is 11.3. The molecule has 1 aromatic rings. The molecule has 2 atom stereocenters. The normalized spacial score (nSPS) is 23.1. The summed E-state index contributed by atoms with van der Waals surface area (Å²) in [6.45, 7) is 4.69. The molecule has 2 unspecified atom stereocenters.